The van der Waals surface area contributed by atoms with Gasteiger partial charge in [0, 0.05) is 12.8 Å². The summed E-state index contributed by atoms with van der Waals surface area (Å²) in [5, 5.41) is 23.3. The molecule has 0 aromatic rings. The second kappa shape index (κ2) is 64.9. The minimum absolute atomic E-state index is 0.0132. The molecule has 0 radical (unpaired) electrons. The van der Waals surface area contributed by atoms with E-state index in [0.29, 0.717) is 25.9 Å². The number of aliphatic hydroxyl groups excluding tert-OH is 2. The van der Waals surface area contributed by atoms with Gasteiger partial charge in [-0.05, 0) is 57.8 Å². The van der Waals surface area contributed by atoms with Crippen molar-refractivity contribution in [3.63, 3.8) is 0 Å². The number of nitrogens with one attached hydrogen (secondary N) is 1. The number of hydrogen-bond donors (Lipinski definition) is 3. The SMILES string of the molecule is CCCCCCCCCCCCCCCCCCCC(O)C(CO)NC(=O)CCCCCCCCCCC/C=C\C/C=C\CCCCCCCCCCCOC(=O)CCCCCCCCCCCCCCCCCC. The second-order valence-electron chi connectivity index (χ2n) is 23.5. The van der Waals surface area contributed by atoms with Gasteiger partial charge in [0.05, 0.1) is 25.4 Å². The summed E-state index contributed by atoms with van der Waals surface area (Å²) in [5.41, 5.74) is 0. The lowest BCUT2D eigenvalue weighted by atomic mass is 10.0. The average molecular weight is 1060 g/mol. The Balaban J connectivity index is 3.41. The fourth-order valence-electron chi connectivity index (χ4n) is 10.8. The molecule has 0 aromatic heterocycles. The Morgan fingerprint density at radius 2 is 0.667 bits per heavy atom. The monoisotopic (exact) mass is 1060 g/mol. The molecule has 0 spiro atoms. The highest BCUT2D eigenvalue weighted by Gasteiger charge is 2.20. The van der Waals surface area contributed by atoms with E-state index in [9.17, 15) is 19.8 Å². The van der Waals surface area contributed by atoms with Crippen LogP contribution >= 0.6 is 0 Å². The van der Waals surface area contributed by atoms with Crippen LogP contribution in [0.4, 0.5) is 0 Å². The third kappa shape index (κ3) is 61.4. The normalized spacial score (nSPS) is 12.6. The van der Waals surface area contributed by atoms with E-state index in [4.69, 9.17) is 4.74 Å². The number of carbonyl (C=O) groups excluding carboxylic acids is 2. The van der Waals surface area contributed by atoms with Gasteiger partial charge in [-0.1, -0.05) is 334 Å². The van der Waals surface area contributed by atoms with Gasteiger partial charge in [-0.25, -0.2) is 0 Å². The Labute approximate surface area is 469 Å². The van der Waals surface area contributed by atoms with Crippen LogP contribution in [0, 0.1) is 0 Å². The Morgan fingerprint density at radius 1 is 0.373 bits per heavy atom. The van der Waals surface area contributed by atoms with Crippen LogP contribution in [0.3, 0.4) is 0 Å². The molecular formula is C69H133NO5. The number of hydrogen-bond acceptors (Lipinski definition) is 5. The molecule has 2 atom stereocenters. The van der Waals surface area contributed by atoms with E-state index in [2.05, 4.69) is 43.5 Å². The molecule has 0 aliphatic rings. The highest BCUT2D eigenvalue weighted by Crippen LogP contribution is 2.18. The molecule has 0 heterocycles. The number of ether oxygens (including phenoxy) is 1. The third-order valence-electron chi connectivity index (χ3n) is 16.0. The van der Waals surface area contributed by atoms with Gasteiger partial charge in [-0.2, -0.15) is 0 Å². The summed E-state index contributed by atoms with van der Waals surface area (Å²) in [6, 6.07) is -0.546. The van der Waals surface area contributed by atoms with Crippen LogP contribution in [0.5, 0.6) is 0 Å². The molecule has 0 saturated heterocycles. The van der Waals surface area contributed by atoms with Gasteiger partial charge in [0.15, 0.2) is 0 Å². The van der Waals surface area contributed by atoms with Gasteiger partial charge in [0.2, 0.25) is 5.91 Å². The first-order chi connectivity index (χ1) is 37.0. The molecular weight excluding hydrogens is 923 g/mol. The number of allylic oxidation sites excluding steroid dienone is 4. The van der Waals surface area contributed by atoms with Gasteiger partial charge in [0.1, 0.15) is 0 Å². The fourth-order valence-corrected chi connectivity index (χ4v) is 10.8. The molecule has 0 fully saturated rings. The predicted octanol–water partition coefficient (Wildman–Crippen LogP) is 21.8. The first-order valence-electron chi connectivity index (χ1n) is 34.1. The van der Waals surface area contributed by atoms with E-state index < -0.39 is 12.1 Å². The molecule has 444 valence electrons. The zero-order valence-corrected chi connectivity index (χ0v) is 50.8. The molecule has 0 saturated carbocycles. The molecule has 75 heavy (non-hydrogen) atoms. The van der Waals surface area contributed by atoms with Gasteiger partial charge in [-0.15, -0.1) is 0 Å². The van der Waals surface area contributed by atoms with Crippen molar-refractivity contribution in [2.24, 2.45) is 0 Å². The number of carbonyl (C=O) groups is 2. The van der Waals surface area contributed by atoms with Crippen molar-refractivity contribution in [3.8, 4) is 0 Å². The summed E-state index contributed by atoms with van der Waals surface area (Å²) in [5.74, 6) is -0.0248. The first-order valence-corrected chi connectivity index (χ1v) is 34.1. The van der Waals surface area contributed by atoms with Crippen molar-refractivity contribution in [2.45, 2.75) is 392 Å². The molecule has 0 aliphatic carbocycles. The summed E-state index contributed by atoms with van der Waals surface area (Å²) in [6.45, 7) is 4.98. The summed E-state index contributed by atoms with van der Waals surface area (Å²) >= 11 is 0. The molecule has 0 aromatic carbocycles. The largest absolute Gasteiger partial charge is 0.466 e. The number of esters is 1. The van der Waals surface area contributed by atoms with E-state index in [1.54, 1.807) is 0 Å². The molecule has 2 unspecified atom stereocenters. The zero-order chi connectivity index (χ0) is 54.3. The summed E-state index contributed by atoms with van der Waals surface area (Å²) in [4.78, 5) is 24.6. The van der Waals surface area contributed by atoms with Crippen molar-refractivity contribution >= 4 is 11.9 Å². The van der Waals surface area contributed by atoms with E-state index in [1.807, 2.05) is 0 Å². The lowest BCUT2D eigenvalue weighted by molar-refractivity contribution is -0.143. The Bertz CT molecular complexity index is 1170. The van der Waals surface area contributed by atoms with Crippen LogP contribution in [0.1, 0.15) is 380 Å². The maximum Gasteiger partial charge on any atom is 0.305 e. The number of rotatable bonds is 64. The van der Waals surface area contributed by atoms with Crippen molar-refractivity contribution in [1.29, 1.82) is 0 Å². The smallest absolute Gasteiger partial charge is 0.305 e. The maximum absolute atomic E-state index is 12.5. The minimum atomic E-state index is -0.668. The van der Waals surface area contributed by atoms with Gasteiger partial charge >= 0.3 is 5.97 Å². The standard InChI is InChI=1S/C69H133NO5/c1-3-5-7-9-11-13-15-17-19-30-33-37-41-45-49-53-57-61-67(72)66(65-71)70-68(73)62-58-54-50-46-42-38-34-31-28-26-24-22-21-23-25-27-29-32-36-40-44-48-52-56-60-64-75-69(74)63-59-55-51-47-43-39-35-20-18-16-14-12-10-8-6-4-2/h22-25,66-67,71-72H,3-21,26-65H2,1-2H3,(H,70,73)/b24-22-,25-23-. The van der Waals surface area contributed by atoms with E-state index >= 15 is 0 Å². The van der Waals surface area contributed by atoms with Crippen molar-refractivity contribution in [2.75, 3.05) is 13.2 Å². The molecule has 0 aliphatic heterocycles. The zero-order valence-electron chi connectivity index (χ0n) is 50.8. The van der Waals surface area contributed by atoms with Crippen molar-refractivity contribution in [3.05, 3.63) is 24.3 Å². The second-order valence-corrected chi connectivity index (χ2v) is 23.5. The van der Waals surface area contributed by atoms with Gasteiger partial charge in [-0.3, -0.25) is 9.59 Å². The van der Waals surface area contributed by atoms with Crippen LogP contribution in [0.25, 0.3) is 0 Å². The van der Waals surface area contributed by atoms with Crippen LogP contribution in [0.15, 0.2) is 24.3 Å². The average Bonchev–Trinajstić information content (AvgIpc) is 3.41. The lowest BCUT2D eigenvalue weighted by Crippen LogP contribution is -2.45. The van der Waals surface area contributed by atoms with Crippen molar-refractivity contribution in [1.82, 2.24) is 5.32 Å². The summed E-state index contributed by atoms with van der Waals surface area (Å²) in [6.07, 6.45) is 80.7. The topological polar surface area (TPSA) is 95.9 Å². The van der Waals surface area contributed by atoms with Crippen molar-refractivity contribution < 1.29 is 24.5 Å². The quantitative estimate of drug-likeness (QED) is 0.0320. The molecule has 1 amide bonds. The van der Waals surface area contributed by atoms with Crippen LogP contribution in [0.2, 0.25) is 0 Å². The van der Waals surface area contributed by atoms with E-state index in [1.165, 1.54) is 302 Å². The van der Waals surface area contributed by atoms with Crippen LogP contribution < -0.4 is 5.32 Å². The Hall–Kier alpha value is -1.66. The van der Waals surface area contributed by atoms with E-state index in [0.717, 1.165) is 44.9 Å². The maximum atomic E-state index is 12.5. The highest BCUT2D eigenvalue weighted by molar-refractivity contribution is 5.76. The van der Waals surface area contributed by atoms with Gasteiger partial charge in [0.25, 0.3) is 0 Å². The van der Waals surface area contributed by atoms with E-state index in [-0.39, 0.29) is 18.5 Å². The Morgan fingerprint density at radius 3 is 1.01 bits per heavy atom. The Kier molecular flexibility index (Phi) is 63.4. The molecule has 6 nitrogen and oxygen atoms in total. The third-order valence-corrected chi connectivity index (χ3v) is 16.0. The van der Waals surface area contributed by atoms with Gasteiger partial charge < -0.3 is 20.3 Å². The summed E-state index contributed by atoms with van der Waals surface area (Å²) in [7, 11) is 0. The first kappa shape index (κ1) is 73.3. The molecule has 6 heteroatoms. The number of aliphatic hydroxyl groups is 2. The van der Waals surface area contributed by atoms with Crippen LogP contribution in [-0.4, -0.2) is 47.4 Å². The fraction of sp³-hybridized carbons (Fsp3) is 0.913. The molecule has 0 rings (SSSR count). The molecule has 0 bridgehead atoms. The summed E-state index contributed by atoms with van der Waals surface area (Å²) < 4.78 is 5.49. The predicted molar refractivity (Wildman–Crippen MR) is 329 cm³/mol. The number of amides is 1. The lowest BCUT2D eigenvalue weighted by Gasteiger charge is -2.22. The number of unbranched alkanes of at least 4 members (excludes halogenated alkanes) is 49. The minimum Gasteiger partial charge on any atom is -0.466 e. The van der Waals surface area contributed by atoms with Crippen LogP contribution in [-0.2, 0) is 14.3 Å². The molecule has 3 N–H and O–H groups in total. The highest BCUT2D eigenvalue weighted by atomic mass is 16.5.